The van der Waals surface area contributed by atoms with Crippen molar-refractivity contribution in [1.82, 2.24) is 4.98 Å². The van der Waals surface area contributed by atoms with Gasteiger partial charge >= 0.3 is 0 Å². The van der Waals surface area contributed by atoms with Crippen molar-refractivity contribution in [1.29, 1.82) is 10.5 Å². The van der Waals surface area contributed by atoms with Gasteiger partial charge in [-0.3, -0.25) is 4.98 Å². The van der Waals surface area contributed by atoms with Crippen LogP contribution in [0.15, 0.2) is 188 Å². The van der Waals surface area contributed by atoms with Crippen LogP contribution >= 0.6 is 0 Å². The van der Waals surface area contributed by atoms with E-state index in [-0.39, 0.29) is 10.8 Å². The molecular formula is C67H55N7. The molecule has 13 rings (SSSR count). The Kier molecular flexibility index (Phi) is 10.2. The van der Waals surface area contributed by atoms with Crippen LogP contribution in [-0.4, -0.2) is 4.98 Å². The Morgan fingerprint density at radius 2 is 0.919 bits per heavy atom. The maximum absolute atomic E-state index is 12.1. The molecule has 5 aliphatic rings. The van der Waals surface area contributed by atoms with Crippen molar-refractivity contribution in [2.45, 2.75) is 78.1 Å². The zero-order valence-corrected chi connectivity index (χ0v) is 42.7. The lowest BCUT2D eigenvalue weighted by Gasteiger charge is -2.47. The van der Waals surface area contributed by atoms with Gasteiger partial charge in [0.25, 0.3) is 0 Å². The molecule has 2 aliphatic heterocycles. The van der Waals surface area contributed by atoms with Crippen LogP contribution in [0.1, 0.15) is 84.0 Å². The molecule has 2 unspecified atom stereocenters. The van der Waals surface area contributed by atoms with Crippen LogP contribution in [0, 0.1) is 50.4 Å². The van der Waals surface area contributed by atoms with Crippen molar-refractivity contribution >= 4 is 56.9 Å². The third-order valence-corrected chi connectivity index (χ3v) is 16.6. The van der Waals surface area contributed by atoms with Crippen LogP contribution in [0.25, 0.3) is 22.3 Å². The summed E-state index contributed by atoms with van der Waals surface area (Å²) in [6, 6.07) is 55.4. The minimum atomic E-state index is -0.314. The predicted octanol–water partition coefficient (Wildman–Crippen LogP) is 17.4. The normalized spacial score (nSPS) is 18.8. The number of para-hydroxylation sites is 2. The van der Waals surface area contributed by atoms with Gasteiger partial charge in [0.05, 0.1) is 85.6 Å². The number of allylic oxidation sites excluding steroid dienone is 4. The first-order valence-corrected chi connectivity index (χ1v) is 25.8. The molecule has 0 spiro atoms. The summed E-state index contributed by atoms with van der Waals surface area (Å²) in [6.45, 7) is 13.5. The zero-order valence-electron chi connectivity index (χ0n) is 42.7. The Morgan fingerprint density at radius 3 is 1.47 bits per heavy atom. The topological polar surface area (TPSA) is 73.4 Å². The van der Waals surface area contributed by atoms with Crippen molar-refractivity contribution in [2.75, 3.05) is 19.6 Å². The number of anilines is 10. The second-order valence-corrected chi connectivity index (χ2v) is 21.4. The summed E-state index contributed by atoms with van der Waals surface area (Å²) in [5.41, 5.74) is 22.9. The molecule has 3 aliphatic carbocycles. The largest absolute Gasteiger partial charge is 0.306 e. The lowest BCUT2D eigenvalue weighted by atomic mass is 9.73. The Hall–Kier alpha value is -8.91. The molecule has 1 fully saturated rings. The maximum atomic E-state index is 12.1. The Morgan fingerprint density at radius 1 is 0.446 bits per heavy atom. The van der Waals surface area contributed by atoms with Crippen LogP contribution in [0.5, 0.6) is 0 Å². The lowest BCUT2D eigenvalue weighted by molar-refractivity contribution is 0.483. The molecule has 3 heterocycles. The first-order chi connectivity index (χ1) is 36.0. The number of nitrogens with zero attached hydrogens (tertiary/aromatic N) is 7. The predicted molar refractivity (Wildman–Crippen MR) is 302 cm³/mol. The highest BCUT2D eigenvalue weighted by Gasteiger charge is 2.58. The highest BCUT2D eigenvalue weighted by Crippen LogP contribution is 2.69. The monoisotopic (exact) mass is 957 g/mol. The third-order valence-electron chi connectivity index (χ3n) is 16.6. The van der Waals surface area contributed by atoms with Gasteiger partial charge in [0.1, 0.15) is 12.1 Å². The molecule has 7 heteroatoms. The number of rotatable bonds is 6. The summed E-state index contributed by atoms with van der Waals surface area (Å²) >= 11 is 0. The molecule has 7 nitrogen and oxygen atoms in total. The van der Waals surface area contributed by atoms with Gasteiger partial charge in [-0.1, -0.05) is 135 Å². The molecule has 0 saturated heterocycles. The molecule has 2 bridgehead atoms. The van der Waals surface area contributed by atoms with Gasteiger partial charge < -0.3 is 19.6 Å². The number of fused-ring (bicyclic) bond motifs is 8. The summed E-state index contributed by atoms with van der Waals surface area (Å²) in [6.07, 6.45) is 16.3. The quantitative estimate of drug-likeness (QED) is 0.164. The summed E-state index contributed by atoms with van der Waals surface area (Å²) in [5, 5.41) is 23.8. The average Bonchev–Trinajstić information content (AvgIpc) is 3.72. The highest BCUT2D eigenvalue weighted by molar-refractivity contribution is 6.09. The number of hydrogen-bond donors (Lipinski definition) is 0. The zero-order chi connectivity index (χ0) is 50.6. The summed E-state index contributed by atoms with van der Waals surface area (Å²) in [7, 11) is 0. The van der Waals surface area contributed by atoms with Crippen LogP contribution in [0.2, 0.25) is 0 Å². The lowest BCUT2D eigenvalue weighted by Crippen LogP contribution is -2.35. The summed E-state index contributed by atoms with van der Waals surface area (Å²) in [4.78, 5) is 14.5. The third kappa shape index (κ3) is 6.52. The molecule has 8 aromatic rings. The average molecular weight is 958 g/mol. The molecule has 1 saturated carbocycles. The molecule has 0 amide bonds. The van der Waals surface area contributed by atoms with Crippen molar-refractivity contribution in [3.05, 3.63) is 232 Å². The molecule has 358 valence electrons. The van der Waals surface area contributed by atoms with Crippen LogP contribution in [0.3, 0.4) is 0 Å². The number of aromatic nitrogens is 1. The summed E-state index contributed by atoms with van der Waals surface area (Å²) in [5.74, 6) is 0. The van der Waals surface area contributed by atoms with Crippen molar-refractivity contribution in [3.63, 3.8) is 0 Å². The standard InChI is InChI=1S/C67H55N7/c1-42-18-16-19-43(2)62(42)73-53-27-15-9-14-26-52(53)71(54-30-28-48(36-57(54)73)46-22-10-7-11-23-46)64-51(39-69)50(38-68)60-61(67(6)34-33-66(60,5)41-67)65(64)72-55-31-29-49(47-24-12-8-13-25-47)37-58(55)74(59-40-70-35-32-56(59)72)63-44(3)20-17-21-45(63)4/h7-8,10-32,35-37,40H,9,33-34,41H2,1-6H3. The molecule has 74 heavy (non-hydrogen) atoms. The van der Waals surface area contributed by atoms with Gasteiger partial charge in [-0.25, -0.2) is 0 Å². The van der Waals surface area contributed by atoms with E-state index in [4.69, 9.17) is 4.98 Å². The van der Waals surface area contributed by atoms with Gasteiger partial charge in [0.15, 0.2) is 0 Å². The minimum Gasteiger partial charge on any atom is -0.306 e. The highest BCUT2D eigenvalue weighted by atomic mass is 15.3. The fourth-order valence-corrected chi connectivity index (χ4v) is 13.5. The number of benzene rings is 7. The van der Waals surface area contributed by atoms with E-state index in [1.165, 1.54) is 0 Å². The smallest absolute Gasteiger partial charge is 0.103 e. The van der Waals surface area contributed by atoms with Gasteiger partial charge in [-0.2, -0.15) is 10.5 Å². The number of nitriles is 2. The van der Waals surface area contributed by atoms with Gasteiger partial charge in [0.2, 0.25) is 0 Å². The second-order valence-electron chi connectivity index (χ2n) is 21.4. The number of hydrogen-bond acceptors (Lipinski definition) is 7. The van der Waals surface area contributed by atoms with Gasteiger partial charge in [-0.15, -0.1) is 0 Å². The Bertz CT molecular complexity index is 3830. The van der Waals surface area contributed by atoms with E-state index in [0.717, 1.165) is 144 Å². The van der Waals surface area contributed by atoms with Crippen molar-refractivity contribution < 1.29 is 0 Å². The Labute approximate surface area is 434 Å². The van der Waals surface area contributed by atoms with Crippen LogP contribution in [-0.2, 0) is 10.8 Å². The molecular weight excluding hydrogens is 903 g/mol. The van der Waals surface area contributed by atoms with Crippen LogP contribution in [0.4, 0.5) is 56.9 Å². The van der Waals surface area contributed by atoms with E-state index in [1.54, 1.807) is 0 Å². The van der Waals surface area contributed by atoms with Crippen molar-refractivity contribution in [3.8, 4) is 34.4 Å². The van der Waals surface area contributed by atoms with E-state index >= 15 is 0 Å². The number of pyridine rings is 1. The minimum absolute atomic E-state index is 0.311. The molecule has 7 aromatic carbocycles. The molecule has 0 radical (unpaired) electrons. The van der Waals surface area contributed by atoms with E-state index in [0.29, 0.717) is 16.8 Å². The van der Waals surface area contributed by atoms with Gasteiger partial charge in [-0.05, 0) is 162 Å². The molecule has 2 atom stereocenters. The first-order valence-electron chi connectivity index (χ1n) is 25.8. The first kappa shape index (κ1) is 45.0. The maximum Gasteiger partial charge on any atom is 0.103 e. The SMILES string of the molecule is Cc1cccc(C)c1N1C2=C(C=CCC=C2)N(c2c(C#N)c(C#N)c3c(c2N2c4ccncc4N(c4c(C)cccc4C)c4cc(-c5ccccc5)ccc42)C2(C)CCC3(C)C2)c2ccc(-c3ccccc3)cc21. The second kappa shape index (κ2) is 16.8. The van der Waals surface area contributed by atoms with Crippen molar-refractivity contribution in [2.24, 2.45) is 0 Å². The molecule has 1 aromatic heterocycles. The van der Waals surface area contributed by atoms with E-state index in [2.05, 4.69) is 237 Å². The van der Waals surface area contributed by atoms with E-state index in [1.807, 2.05) is 12.4 Å². The van der Waals surface area contributed by atoms with Gasteiger partial charge in [0, 0.05) is 6.20 Å². The Balaban J connectivity index is 1.20. The fourth-order valence-electron chi connectivity index (χ4n) is 13.5. The summed E-state index contributed by atoms with van der Waals surface area (Å²) < 4.78 is 0. The van der Waals surface area contributed by atoms with E-state index < -0.39 is 0 Å². The van der Waals surface area contributed by atoms with E-state index in [9.17, 15) is 10.5 Å². The van der Waals surface area contributed by atoms with Crippen LogP contribution < -0.4 is 19.6 Å². The molecule has 0 N–H and O–H groups in total. The fraction of sp³-hybridized carbons (Fsp3) is 0.179. The number of aryl methyl sites for hydroxylation is 4.